The fourth-order valence-corrected chi connectivity index (χ4v) is 4.85. The lowest BCUT2D eigenvalue weighted by atomic mass is 9.78. The Morgan fingerprint density at radius 2 is 1.74 bits per heavy atom. The van der Waals surface area contributed by atoms with Crippen LogP contribution in [0.2, 0.25) is 0 Å². The van der Waals surface area contributed by atoms with Gasteiger partial charge in [0, 0.05) is 11.4 Å². The van der Waals surface area contributed by atoms with E-state index in [4.69, 9.17) is 5.73 Å². The summed E-state index contributed by atoms with van der Waals surface area (Å²) in [6, 6.07) is 13.6. The molecule has 4 rings (SSSR count). The lowest BCUT2D eigenvalue weighted by molar-refractivity contribution is -0.128. The van der Waals surface area contributed by atoms with Gasteiger partial charge in [0.2, 0.25) is 11.9 Å². The molecule has 0 spiro atoms. The second-order valence-corrected chi connectivity index (χ2v) is 9.08. The minimum Gasteiger partial charge on any atom is -0.367 e. The molecule has 2 amide bonds. The van der Waals surface area contributed by atoms with Gasteiger partial charge in [0.15, 0.2) is 0 Å². The fraction of sp³-hybridized carbons (Fsp3) is 0.400. The van der Waals surface area contributed by atoms with Crippen molar-refractivity contribution in [2.45, 2.75) is 65.0 Å². The fourth-order valence-electron chi connectivity index (χ4n) is 4.85. The van der Waals surface area contributed by atoms with Gasteiger partial charge in [0.25, 0.3) is 5.91 Å². The first kappa shape index (κ1) is 23.4. The van der Waals surface area contributed by atoms with E-state index in [0.717, 1.165) is 41.6 Å². The first-order valence-electron chi connectivity index (χ1n) is 11.6. The molecule has 3 N–H and O–H groups in total. The number of nitrogens with two attached hydrogens (primary N) is 1. The van der Waals surface area contributed by atoms with E-state index in [2.05, 4.69) is 20.8 Å². The maximum absolute atomic E-state index is 14.1. The first-order chi connectivity index (χ1) is 16.3. The Hall–Kier alpha value is -3.75. The number of amides is 2. The molecule has 1 aliphatic rings. The molecule has 9 nitrogen and oxygen atoms in total. The Bertz CT molecular complexity index is 1180. The van der Waals surface area contributed by atoms with Crippen molar-refractivity contribution in [3.8, 4) is 0 Å². The monoisotopic (exact) mass is 461 g/mol. The van der Waals surface area contributed by atoms with Crippen molar-refractivity contribution in [2.24, 2.45) is 0 Å². The van der Waals surface area contributed by atoms with Gasteiger partial charge in [-0.2, -0.15) is 0 Å². The largest absolute Gasteiger partial charge is 0.367 e. The Balaban J connectivity index is 1.79. The number of nitrogens with one attached hydrogen (secondary N) is 1. The molecule has 0 aliphatic heterocycles. The van der Waals surface area contributed by atoms with Gasteiger partial charge in [-0.25, -0.2) is 4.68 Å². The van der Waals surface area contributed by atoms with E-state index < -0.39 is 5.54 Å². The summed E-state index contributed by atoms with van der Waals surface area (Å²) >= 11 is 0. The third-order valence-electron chi connectivity index (χ3n) is 6.60. The number of nitrogen functional groups attached to an aromatic ring is 1. The van der Waals surface area contributed by atoms with Crippen LogP contribution in [0.15, 0.2) is 42.5 Å². The average Bonchev–Trinajstić information content (AvgIpc) is 3.21. The number of nitrogens with zero attached hydrogens (tertiary/aromatic N) is 5. The molecular weight excluding hydrogens is 430 g/mol. The van der Waals surface area contributed by atoms with Gasteiger partial charge in [-0.15, -0.1) is 0 Å². The molecule has 1 aliphatic carbocycles. The molecule has 178 valence electrons. The third kappa shape index (κ3) is 4.50. The topological polar surface area (TPSA) is 119 Å². The summed E-state index contributed by atoms with van der Waals surface area (Å²) in [7, 11) is 0. The van der Waals surface area contributed by atoms with Crippen molar-refractivity contribution >= 4 is 29.1 Å². The molecule has 34 heavy (non-hydrogen) atoms. The number of tetrazole rings is 1. The molecule has 1 fully saturated rings. The van der Waals surface area contributed by atoms with E-state index in [1.54, 1.807) is 4.90 Å². The summed E-state index contributed by atoms with van der Waals surface area (Å²) in [6.45, 7) is 5.75. The van der Waals surface area contributed by atoms with Crippen LogP contribution in [0, 0.1) is 20.8 Å². The van der Waals surface area contributed by atoms with Crippen molar-refractivity contribution in [3.05, 3.63) is 59.2 Å². The molecule has 2 aromatic carbocycles. The van der Waals surface area contributed by atoms with Gasteiger partial charge in [0.05, 0.1) is 0 Å². The minimum atomic E-state index is -1.04. The van der Waals surface area contributed by atoms with Crippen LogP contribution in [0.1, 0.15) is 48.8 Å². The zero-order chi connectivity index (χ0) is 24.3. The minimum absolute atomic E-state index is 0.0511. The normalized spacial score (nSPS) is 15.0. The van der Waals surface area contributed by atoms with Crippen LogP contribution in [-0.4, -0.2) is 37.6 Å². The number of benzene rings is 2. The lowest BCUT2D eigenvalue weighted by Gasteiger charge is -2.45. The molecule has 0 unspecified atom stereocenters. The average molecular weight is 462 g/mol. The molecule has 0 saturated heterocycles. The Kier molecular flexibility index (Phi) is 6.63. The summed E-state index contributed by atoms with van der Waals surface area (Å²) in [5.74, 6) is -0.414. The van der Waals surface area contributed by atoms with Crippen LogP contribution in [0.25, 0.3) is 0 Å². The molecule has 0 atom stereocenters. The molecule has 0 radical (unpaired) electrons. The predicted octanol–water partition coefficient (Wildman–Crippen LogP) is 3.56. The number of para-hydroxylation sites is 1. The maximum atomic E-state index is 14.1. The maximum Gasteiger partial charge on any atom is 0.250 e. The highest BCUT2D eigenvalue weighted by Gasteiger charge is 2.48. The van der Waals surface area contributed by atoms with Crippen molar-refractivity contribution < 1.29 is 9.59 Å². The molecule has 0 bridgehead atoms. The second kappa shape index (κ2) is 9.62. The Morgan fingerprint density at radius 1 is 1.06 bits per heavy atom. The highest BCUT2D eigenvalue weighted by molar-refractivity contribution is 6.08. The lowest BCUT2D eigenvalue weighted by Crippen LogP contribution is -2.61. The summed E-state index contributed by atoms with van der Waals surface area (Å²) in [5, 5.41) is 14.2. The number of aromatic nitrogens is 4. The van der Waals surface area contributed by atoms with Crippen molar-refractivity contribution in [1.29, 1.82) is 0 Å². The molecule has 1 heterocycles. The zero-order valence-corrected chi connectivity index (χ0v) is 19.9. The van der Waals surface area contributed by atoms with Crippen LogP contribution in [0.3, 0.4) is 0 Å². The Labute approximate surface area is 199 Å². The van der Waals surface area contributed by atoms with Crippen LogP contribution >= 0.6 is 0 Å². The number of hydrogen-bond donors (Lipinski definition) is 2. The molecule has 1 aromatic heterocycles. The van der Waals surface area contributed by atoms with E-state index >= 15 is 0 Å². The van der Waals surface area contributed by atoms with Crippen molar-refractivity contribution in [1.82, 2.24) is 20.2 Å². The van der Waals surface area contributed by atoms with E-state index in [1.165, 1.54) is 4.68 Å². The number of anilines is 3. The summed E-state index contributed by atoms with van der Waals surface area (Å²) in [5.41, 5.74) is 9.22. The Morgan fingerprint density at radius 3 is 2.35 bits per heavy atom. The third-order valence-corrected chi connectivity index (χ3v) is 6.60. The number of rotatable bonds is 6. The van der Waals surface area contributed by atoms with Gasteiger partial charge in [0.1, 0.15) is 12.1 Å². The van der Waals surface area contributed by atoms with Crippen LogP contribution < -0.4 is 16.0 Å². The molecule has 9 heteroatoms. The van der Waals surface area contributed by atoms with Crippen molar-refractivity contribution in [3.63, 3.8) is 0 Å². The predicted molar refractivity (Wildman–Crippen MR) is 131 cm³/mol. The van der Waals surface area contributed by atoms with E-state index in [1.807, 2.05) is 63.2 Å². The summed E-state index contributed by atoms with van der Waals surface area (Å²) in [6.07, 6.45) is 3.85. The summed E-state index contributed by atoms with van der Waals surface area (Å²) in [4.78, 5) is 29.6. The molecule has 1 saturated carbocycles. The number of aryl methyl sites for hydroxylation is 3. The van der Waals surface area contributed by atoms with Gasteiger partial charge in [-0.05, 0) is 72.9 Å². The number of hydrogen-bond acceptors (Lipinski definition) is 6. The van der Waals surface area contributed by atoms with Gasteiger partial charge in [-0.1, -0.05) is 54.7 Å². The SMILES string of the molecule is Cc1cccc(N(C(=O)Cn2nnnc2N)C2(C(=O)Nc3c(C)cccc3C)CCCCC2)c1. The van der Waals surface area contributed by atoms with Crippen LogP contribution in [-0.2, 0) is 16.1 Å². The second-order valence-electron chi connectivity index (χ2n) is 9.08. The van der Waals surface area contributed by atoms with E-state index in [0.29, 0.717) is 18.5 Å². The summed E-state index contributed by atoms with van der Waals surface area (Å²) < 4.78 is 1.26. The zero-order valence-electron chi connectivity index (χ0n) is 19.9. The van der Waals surface area contributed by atoms with E-state index in [-0.39, 0.29) is 24.3 Å². The quantitative estimate of drug-likeness (QED) is 0.579. The number of carbonyl (C=O) groups excluding carboxylic acids is 2. The molecular formula is C25H31N7O2. The van der Waals surface area contributed by atoms with Gasteiger partial charge >= 0.3 is 0 Å². The standard InChI is InChI=1S/C25H31N7O2/c1-17-9-7-12-20(15-17)32(21(33)16-31-24(26)28-29-30-31)25(13-5-4-6-14-25)23(34)27-22-18(2)10-8-11-19(22)3/h7-12,15H,4-6,13-14,16H2,1-3H3,(H,27,34)(H2,26,28,30). The van der Waals surface area contributed by atoms with Gasteiger partial charge < -0.3 is 11.1 Å². The van der Waals surface area contributed by atoms with Crippen LogP contribution in [0.5, 0.6) is 0 Å². The van der Waals surface area contributed by atoms with Crippen LogP contribution in [0.4, 0.5) is 17.3 Å². The highest BCUT2D eigenvalue weighted by Crippen LogP contribution is 2.39. The van der Waals surface area contributed by atoms with E-state index in [9.17, 15) is 9.59 Å². The van der Waals surface area contributed by atoms with Crippen molar-refractivity contribution in [2.75, 3.05) is 16.0 Å². The highest BCUT2D eigenvalue weighted by atomic mass is 16.2. The number of carbonyl (C=O) groups is 2. The first-order valence-corrected chi connectivity index (χ1v) is 11.6. The molecule has 3 aromatic rings. The van der Waals surface area contributed by atoms with Gasteiger partial charge in [-0.3, -0.25) is 14.5 Å². The smallest absolute Gasteiger partial charge is 0.250 e.